The molecule has 2 heterocycles. The smallest absolute Gasteiger partial charge is 0.220 e. The van der Waals surface area contributed by atoms with Crippen molar-refractivity contribution in [2.45, 2.75) is 19.4 Å². The Bertz CT molecular complexity index is 453. The summed E-state index contributed by atoms with van der Waals surface area (Å²) in [5, 5.41) is 9.43. The summed E-state index contributed by atoms with van der Waals surface area (Å²) in [4.78, 5) is 15.6. The largest absolute Gasteiger partial charge is 0.350 e. The highest BCUT2D eigenvalue weighted by molar-refractivity contribution is 5.76. The monoisotopic (exact) mass is 230 g/mol. The van der Waals surface area contributed by atoms with Crippen molar-refractivity contribution in [3.8, 4) is 0 Å². The molecule has 5 nitrogen and oxygen atoms in total. The number of aromatic nitrogens is 3. The molecule has 2 N–H and O–H groups in total. The molecule has 1 amide bonds. The summed E-state index contributed by atoms with van der Waals surface area (Å²) in [6.07, 6.45) is 6.35. The van der Waals surface area contributed by atoms with E-state index in [1.165, 1.54) is 0 Å². The van der Waals surface area contributed by atoms with E-state index in [1.54, 1.807) is 18.6 Å². The van der Waals surface area contributed by atoms with Gasteiger partial charge >= 0.3 is 0 Å². The summed E-state index contributed by atoms with van der Waals surface area (Å²) in [6.45, 7) is 0.492. The Morgan fingerprint density at radius 3 is 3.00 bits per heavy atom. The Morgan fingerprint density at radius 2 is 2.29 bits per heavy atom. The number of nitrogens with one attached hydrogen (secondary N) is 2. The average molecular weight is 230 g/mol. The number of aryl methyl sites for hydroxylation is 1. The molecule has 2 aromatic rings. The molecule has 2 rings (SSSR count). The molecule has 88 valence electrons. The van der Waals surface area contributed by atoms with Gasteiger partial charge in [-0.2, -0.15) is 5.10 Å². The van der Waals surface area contributed by atoms with E-state index in [0.717, 1.165) is 11.3 Å². The van der Waals surface area contributed by atoms with Crippen LogP contribution < -0.4 is 5.32 Å². The fourth-order valence-electron chi connectivity index (χ4n) is 1.47. The normalized spacial score (nSPS) is 10.1. The number of carbonyl (C=O) groups excluding carboxylic acids is 1. The van der Waals surface area contributed by atoms with Gasteiger partial charge in [0.2, 0.25) is 5.91 Å². The van der Waals surface area contributed by atoms with Crippen molar-refractivity contribution < 1.29 is 4.79 Å². The molecule has 0 aliphatic rings. The molecule has 0 saturated heterocycles. The van der Waals surface area contributed by atoms with E-state index in [4.69, 9.17) is 0 Å². The van der Waals surface area contributed by atoms with Crippen molar-refractivity contribution >= 4 is 5.91 Å². The van der Waals surface area contributed by atoms with E-state index in [9.17, 15) is 4.79 Å². The average Bonchev–Trinajstić information content (AvgIpc) is 2.88. The number of aromatic amines is 1. The summed E-state index contributed by atoms with van der Waals surface area (Å²) in [5.41, 5.74) is 1.98. The van der Waals surface area contributed by atoms with E-state index < -0.39 is 0 Å². The van der Waals surface area contributed by atoms with Gasteiger partial charge in [-0.15, -0.1) is 0 Å². The first kappa shape index (κ1) is 11.3. The van der Waals surface area contributed by atoms with Gasteiger partial charge in [0.25, 0.3) is 0 Å². The van der Waals surface area contributed by atoms with E-state index in [1.807, 2.05) is 18.2 Å². The zero-order chi connectivity index (χ0) is 11.9. The molecule has 0 aromatic carbocycles. The van der Waals surface area contributed by atoms with Crippen LogP contribution in [0, 0.1) is 0 Å². The number of hydrogen-bond donors (Lipinski definition) is 2. The standard InChI is InChI=1S/C12H14N4O/c17-12(14-9-11-5-7-15-16-11)4-3-10-2-1-6-13-8-10/h1-2,5-8H,3-4,9H2,(H,14,17)(H,15,16). The topological polar surface area (TPSA) is 70.7 Å². The highest BCUT2D eigenvalue weighted by Crippen LogP contribution is 2.00. The number of pyridine rings is 1. The van der Waals surface area contributed by atoms with Crippen LogP contribution in [0.5, 0.6) is 0 Å². The highest BCUT2D eigenvalue weighted by Gasteiger charge is 2.02. The lowest BCUT2D eigenvalue weighted by atomic mass is 10.1. The first-order valence-corrected chi connectivity index (χ1v) is 5.48. The van der Waals surface area contributed by atoms with Crippen molar-refractivity contribution in [1.82, 2.24) is 20.5 Å². The third-order valence-electron chi connectivity index (χ3n) is 2.40. The van der Waals surface area contributed by atoms with Crippen molar-refractivity contribution in [2.75, 3.05) is 0 Å². The first-order chi connectivity index (χ1) is 8.34. The fraction of sp³-hybridized carbons (Fsp3) is 0.250. The van der Waals surface area contributed by atoms with Crippen molar-refractivity contribution in [1.29, 1.82) is 0 Å². The van der Waals surface area contributed by atoms with Crippen LogP contribution in [0.25, 0.3) is 0 Å². The summed E-state index contributed by atoms with van der Waals surface area (Å²) >= 11 is 0. The Morgan fingerprint density at radius 1 is 1.35 bits per heavy atom. The van der Waals surface area contributed by atoms with Gasteiger partial charge in [-0.05, 0) is 24.1 Å². The number of amides is 1. The number of hydrogen-bond acceptors (Lipinski definition) is 3. The lowest BCUT2D eigenvalue weighted by Crippen LogP contribution is -2.23. The van der Waals surface area contributed by atoms with Crippen molar-refractivity contribution in [3.05, 3.63) is 48.0 Å². The summed E-state index contributed by atoms with van der Waals surface area (Å²) < 4.78 is 0. The Kier molecular flexibility index (Phi) is 3.85. The molecule has 5 heteroatoms. The lowest BCUT2D eigenvalue weighted by molar-refractivity contribution is -0.121. The second-order valence-corrected chi connectivity index (χ2v) is 3.72. The third-order valence-corrected chi connectivity index (χ3v) is 2.40. The molecule has 0 radical (unpaired) electrons. The molecule has 0 bridgehead atoms. The van der Waals surface area contributed by atoms with Gasteiger partial charge in [0.05, 0.1) is 12.2 Å². The van der Waals surface area contributed by atoms with Crippen LogP contribution in [0.4, 0.5) is 0 Å². The van der Waals surface area contributed by atoms with Gasteiger partial charge in [-0.25, -0.2) is 0 Å². The molecule has 0 aliphatic carbocycles. The zero-order valence-corrected chi connectivity index (χ0v) is 9.39. The maximum atomic E-state index is 11.5. The second-order valence-electron chi connectivity index (χ2n) is 3.72. The van der Waals surface area contributed by atoms with Gasteiger partial charge in [0.1, 0.15) is 0 Å². The number of carbonyl (C=O) groups is 1. The molecule has 0 aliphatic heterocycles. The summed E-state index contributed by atoms with van der Waals surface area (Å²) in [7, 11) is 0. The second kappa shape index (κ2) is 5.79. The van der Waals surface area contributed by atoms with Crippen LogP contribution in [-0.4, -0.2) is 21.1 Å². The van der Waals surface area contributed by atoms with Crippen LogP contribution in [0.3, 0.4) is 0 Å². The SMILES string of the molecule is O=C(CCc1cccnc1)NCc1ccn[nH]1. The van der Waals surface area contributed by atoms with Crippen LogP contribution in [0.1, 0.15) is 17.7 Å². The number of rotatable bonds is 5. The van der Waals surface area contributed by atoms with Crippen LogP contribution in [0.15, 0.2) is 36.8 Å². The van der Waals surface area contributed by atoms with Crippen LogP contribution >= 0.6 is 0 Å². The zero-order valence-electron chi connectivity index (χ0n) is 9.39. The number of H-pyrrole nitrogens is 1. The maximum Gasteiger partial charge on any atom is 0.220 e. The predicted molar refractivity (Wildman–Crippen MR) is 63.0 cm³/mol. The molecule has 0 saturated carbocycles. The van der Waals surface area contributed by atoms with Gasteiger partial charge < -0.3 is 5.32 Å². The van der Waals surface area contributed by atoms with Gasteiger partial charge in [0, 0.05) is 25.0 Å². The van der Waals surface area contributed by atoms with Crippen LogP contribution in [0.2, 0.25) is 0 Å². The Labute approximate surface area is 99.3 Å². The van der Waals surface area contributed by atoms with Gasteiger partial charge in [-0.1, -0.05) is 6.07 Å². The molecular weight excluding hydrogens is 216 g/mol. The van der Waals surface area contributed by atoms with Crippen LogP contribution in [-0.2, 0) is 17.8 Å². The highest BCUT2D eigenvalue weighted by atomic mass is 16.1. The lowest BCUT2D eigenvalue weighted by Gasteiger charge is -2.03. The molecule has 0 unspecified atom stereocenters. The molecule has 0 fully saturated rings. The van der Waals surface area contributed by atoms with Gasteiger partial charge in [-0.3, -0.25) is 14.9 Å². The number of nitrogens with zero attached hydrogens (tertiary/aromatic N) is 2. The van der Waals surface area contributed by atoms with Crippen molar-refractivity contribution in [2.24, 2.45) is 0 Å². The molecule has 17 heavy (non-hydrogen) atoms. The maximum absolute atomic E-state index is 11.5. The quantitative estimate of drug-likeness (QED) is 0.806. The predicted octanol–water partition coefficient (Wildman–Crippen LogP) is 1.05. The third kappa shape index (κ3) is 3.71. The van der Waals surface area contributed by atoms with Gasteiger partial charge in [0.15, 0.2) is 0 Å². The van der Waals surface area contributed by atoms with Crippen molar-refractivity contribution in [3.63, 3.8) is 0 Å². The molecular formula is C12H14N4O. The fourth-order valence-corrected chi connectivity index (χ4v) is 1.47. The summed E-state index contributed by atoms with van der Waals surface area (Å²) in [6, 6.07) is 5.68. The Balaban J connectivity index is 1.71. The van der Waals surface area contributed by atoms with E-state index in [-0.39, 0.29) is 5.91 Å². The molecule has 0 spiro atoms. The summed E-state index contributed by atoms with van der Waals surface area (Å²) in [5.74, 6) is 0.0310. The molecule has 2 aromatic heterocycles. The minimum Gasteiger partial charge on any atom is -0.350 e. The van der Waals surface area contributed by atoms with E-state index >= 15 is 0 Å². The molecule has 0 atom stereocenters. The minimum absolute atomic E-state index is 0.0310. The van der Waals surface area contributed by atoms with E-state index in [2.05, 4.69) is 20.5 Å². The minimum atomic E-state index is 0.0310. The first-order valence-electron chi connectivity index (χ1n) is 5.48. The van der Waals surface area contributed by atoms with E-state index in [0.29, 0.717) is 19.4 Å². The Hall–Kier alpha value is -2.17.